The number of rotatable bonds is 1. The molecule has 0 saturated carbocycles. The Morgan fingerprint density at radius 1 is 1.50 bits per heavy atom. The number of amides is 2. The second-order valence-corrected chi connectivity index (χ2v) is 4.35. The molecule has 0 radical (unpaired) electrons. The highest BCUT2D eigenvalue weighted by atomic mass is 16.2. The van der Waals surface area contributed by atoms with Gasteiger partial charge in [0.2, 0.25) is 5.91 Å². The molecule has 1 aromatic rings. The fraction of sp³-hybridized carbons (Fsp3) is 0.417. The van der Waals surface area contributed by atoms with E-state index in [1.165, 1.54) is 11.0 Å². The van der Waals surface area contributed by atoms with E-state index < -0.39 is 0 Å². The van der Waals surface area contributed by atoms with Crippen LogP contribution in [0.15, 0.2) is 12.1 Å². The number of aryl methyl sites for hydroxylation is 1. The maximum atomic E-state index is 12.3. The van der Waals surface area contributed by atoms with Crippen molar-refractivity contribution in [1.82, 2.24) is 15.2 Å². The van der Waals surface area contributed by atoms with E-state index >= 15 is 0 Å². The maximum Gasteiger partial charge on any atom is 0.254 e. The van der Waals surface area contributed by atoms with E-state index in [1.807, 2.05) is 0 Å². The Balaban J connectivity index is 2.21. The first-order valence-corrected chi connectivity index (χ1v) is 5.86. The SMILES string of the molecule is Cc1cc(C(=O)N2CCCNC(=O)C2)cc(N)n1. The summed E-state index contributed by atoms with van der Waals surface area (Å²) < 4.78 is 0. The minimum Gasteiger partial charge on any atom is -0.384 e. The zero-order valence-electron chi connectivity index (χ0n) is 10.3. The zero-order valence-corrected chi connectivity index (χ0v) is 10.3. The molecule has 2 heterocycles. The largest absolute Gasteiger partial charge is 0.384 e. The van der Waals surface area contributed by atoms with Crippen LogP contribution in [0.3, 0.4) is 0 Å². The highest BCUT2D eigenvalue weighted by molar-refractivity contribution is 5.97. The zero-order chi connectivity index (χ0) is 13.1. The molecule has 0 spiro atoms. The molecule has 3 N–H and O–H groups in total. The number of carbonyl (C=O) groups excluding carboxylic acids is 2. The third-order valence-corrected chi connectivity index (χ3v) is 2.77. The van der Waals surface area contributed by atoms with Crippen LogP contribution in [0.5, 0.6) is 0 Å². The van der Waals surface area contributed by atoms with Gasteiger partial charge in [-0.25, -0.2) is 4.98 Å². The number of hydrogen-bond acceptors (Lipinski definition) is 4. The van der Waals surface area contributed by atoms with E-state index in [9.17, 15) is 9.59 Å². The lowest BCUT2D eigenvalue weighted by Gasteiger charge is -2.19. The number of anilines is 1. The molecule has 2 amide bonds. The average Bonchev–Trinajstić information content (AvgIpc) is 2.51. The maximum absolute atomic E-state index is 12.3. The van der Waals surface area contributed by atoms with Crippen LogP contribution < -0.4 is 11.1 Å². The van der Waals surface area contributed by atoms with E-state index in [4.69, 9.17) is 5.73 Å². The molecule has 96 valence electrons. The molecular weight excluding hydrogens is 232 g/mol. The van der Waals surface area contributed by atoms with Crippen LogP contribution in [-0.2, 0) is 4.79 Å². The first kappa shape index (κ1) is 12.3. The van der Waals surface area contributed by atoms with Crippen LogP contribution in [0.25, 0.3) is 0 Å². The van der Waals surface area contributed by atoms with Gasteiger partial charge in [0.05, 0.1) is 6.54 Å². The molecule has 1 aliphatic rings. The Labute approximate surface area is 105 Å². The Bertz CT molecular complexity index is 467. The Morgan fingerprint density at radius 2 is 2.28 bits per heavy atom. The summed E-state index contributed by atoms with van der Waals surface area (Å²) in [6, 6.07) is 3.22. The van der Waals surface area contributed by atoms with Crippen molar-refractivity contribution in [1.29, 1.82) is 0 Å². The van der Waals surface area contributed by atoms with Gasteiger partial charge in [-0.15, -0.1) is 0 Å². The lowest BCUT2D eigenvalue weighted by Crippen LogP contribution is -2.37. The Morgan fingerprint density at radius 3 is 3.00 bits per heavy atom. The number of nitrogen functional groups attached to an aromatic ring is 1. The van der Waals surface area contributed by atoms with Gasteiger partial charge in [-0.1, -0.05) is 0 Å². The predicted molar refractivity (Wildman–Crippen MR) is 66.9 cm³/mol. The van der Waals surface area contributed by atoms with E-state index in [0.29, 0.717) is 30.2 Å². The molecule has 0 aromatic carbocycles. The van der Waals surface area contributed by atoms with Gasteiger partial charge >= 0.3 is 0 Å². The standard InChI is InChI=1S/C12H16N4O2/c1-8-5-9(6-10(13)15-8)12(18)16-4-2-3-14-11(17)7-16/h5-6H,2-4,7H2,1H3,(H2,13,15)(H,14,17). The molecule has 0 unspecified atom stereocenters. The minimum absolute atomic E-state index is 0.0973. The summed E-state index contributed by atoms with van der Waals surface area (Å²) in [6.45, 7) is 3.06. The quantitative estimate of drug-likeness (QED) is 0.728. The highest BCUT2D eigenvalue weighted by Gasteiger charge is 2.21. The van der Waals surface area contributed by atoms with Gasteiger partial charge < -0.3 is 16.0 Å². The van der Waals surface area contributed by atoms with Gasteiger partial charge in [0.15, 0.2) is 0 Å². The highest BCUT2D eigenvalue weighted by Crippen LogP contribution is 2.11. The van der Waals surface area contributed by atoms with Crippen molar-refractivity contribution in [3.05, 3.63) is 23.4 Å². The van der Waals surface area contributed by atoms with E-state index in [-0.39, 0.29) is 18.4 Å². The van der Waals surface area contributed by atoms with Gasteiger partial charge in [-0.05, 0) is 25.5 Å². The molecule has 1 saturated heterocycles. The van der Waals surface area contributed by atoms with Crippen LogP contribution in [-0.4, -0.2) is 41.3 Å². The van der Waals surface area contributed by atoms with Crippen molar-refractivity contribution >= 4 is 17.6 Å². The van der Waals surface area contributed by atoms with Crippen molar-refractivity contribution in [3.63, 3.8) is 0 Å². The summed E-state index contributed by atoms with van der Waals surface area (Å²) in [5.74, 6) is 0.0153. The average molecular weight is 248 g/mol. The minimum atomic E-state index is -0.177. The first-order chi connectivity index (χ1) is 8.56. The van der Waals surface area contributed by atoms with E-state index in [1.54, 1.807) is 13.0 Å². The monoisotopic (exact) mass is 248 g/mol. The van der Waals surface area contributed by atoms with Crippen LogP contribution >= 0.6 is 0 Å². The van der Waals surface area contributed by atoms with Crippen LogP contribution in [0.4, 0.5) is 5.82 Å². The van der Waals surface area contributed by atoms with Crippen LogP contribution in [0, 0.1) is 6.92 Å². The van der Waals surface area contributed by atoms with Gasteiger partial charge in [0.1, 0.15) is 5.82 Å². The fourth-order valence-electron chi connectivity index (χ4n) is 1.98. The molecule has 6 nitrogen and oxygen atoms in total. The van der Waals surface area contributed by atoms with Crippen LogP contribution in [0.1, 0.15) is 22.5 Å². The second-order valence-electron chi connectivity index (χ2n) is 4.35. The van der Waals surface area contributed by atoms with Crippen molar-refractivity contribution < 1.29 is 9.59 Å². The second kappa shape index (κ2) is 5.03. The molecule has 0 atom stereocenters. The molecule has 1 aliphatic heterocycles. The molecular formula is C12H16N4O2. The number of nitrogens with zero attached hydrogens (tertiary/aromatic N) is 2. The van der Waals surface area contributed by atoms with Crippen molar-refractivity contribution in [2.45, 2.75) is 13.3 Å². The van der Waals surface area contributed by atoms with E-state index in [2.05, 4.69) is 10.3 Å². The summed E-state index contributed by atoms with van der Waals surface area (Å²) in [6.07, 6.45) is 0.761. The summed E-state index contributed by atoms with van der Waals surface area (Å²) in [5.41, 5.74) is 6.80. The predicted octanol–water partition coefficient (Wildman–Crippen LogP) is -0.0657. The first-order valence-electron chi connectivity index (χ1n) is 5.86. The van der Waals surface area contributed by atoms with E-state index in [0.717, 1.165) is 6.42 Å². The summed E-state index contributed by atoms with van der Waals surface area (Å²) in [4.78, 5) is 29.2. The smallest absolute Gasteiger partial charge is 0.254 e. The molecule has 6 heteroatoms. The Kier molecular flexibility index (Phi) is 3.45. The number of carbonyl (C=O) groups is 2. The Hall–Kier alpha value is -2.11. The van der Waals surface area contributed by atoms with Crippen molar-refractivity contribution in [2.24, 2.45) is 0 Å². The van der Waals surface area contributed by atoms with Crippen LogP contribution in [0.2, 0.25) is 0 Å². The number of nitrogens with one attached hydrogen (secondary N) is 1. The number of aromatic nitrogens is 1. The number of hydrogen-bond donors (Lipinski definition) is 2. The van der Waals surface area contributed by atoms with Crippen molar-refractivity contribution in [2.75, 3.05) is 25.4 Å². The van der Waals surface area contributed by atoms with Gasteiger partial charge in [-0.2, -0.15) is 0 Å². The van der Waals surface area contributed by atoms with Gasteiger partial charge in [0, 0.05) is 24.3 Å². The number of pyridine rings is 1. The van der Waals surface area contributed by atoms with Gasteiger partial charge in [-0.3, -0.25) is 9.59 Å². The molecule has 1 aromatic heterocycles. The molecule has 0 aliphatic carbocycles. The van der Waals surface area contributed by atoms with Crippen molar-refractivity contribution in [3.8, 4) is 0 Å². The normalized spacial score (nSPS) is 16.1. The lowest BCUT2D eigenvalue weighted by atomic mass is 10.2. The third-order valence-electron chi connectivity index (χ3n) is 2.77. The summed E-state index contributed by atoms with van der Waals surface area (Å²) in [5, 5.41) is 2.73. The van der Waals surface area contributed by atoms with Gasteiger partial charge in [0.25, 0.3) is 5.91 Å². The topological polar surface area (TPSA) is 88.3 Å². The molecule has 1 fully saturated rings. The summed E-state index contributed by atoms with van der Waals surface area (Å²) in [7, 11) is 0. The summed E-state index contributed by atoms with van der Waals surface area (Å²) >= 11 is 0. The molecule has 18 heavy (non-hydrogen) atoms. The molecule has 0 bridgehead atoms. The number of nitrogens with two attached hydrogens (primary N) is 1. The fourth-order valence-corrected chi connectivity index (χ4v) is 1.98. The third kappa shape index (κ3) is 2.77. The lowest BCUT2D eigenvalue weighted by molar-refractivity contribution is -0.121. The molecule has 2 rings (SSSR count).